The minimum absolute atomic E-state index is 0.00355. The number of aliphatic hydroxyl groups excluding tert-OH is 1. The van der Waals surface area contributed by atoms with Crippen LogP contribution in [-0.2, 0) is 6.54 Å². The zero-order valence-corrected chi connectivity index (χ0v) is 17.3. The molecule has 1 unspecified atom stereocenters. The first-order chi connectivity index (χ1) is 14.6. The molecule has 0 spiro atoms. The normalized spacial score (nSPS) is 16.5. The molecule has 0 bridgehead atoms. The molecule has 1 aromatic heterocycles. The first-order valence-corrected chi connectivity index (χ1v) is 10.4. The average Bonchev–Trinajstić information content (AvgIpc) is 3.27. The van der Waals surface area contributed by atoms with E-state index in [-0.39, 0.29) is 18.4 Å². The van der Waals surface area contributed by atoms with Gasteiger partial charge in [-0.2, -0.15) is 0 Å². The van der Waals surface area contributed by atoms with E-state index in [2.05, 4.69) is 10.3 Å². The summed E-state index contributed by atoms with van der Waals surface area (Å²) in [6.45, 7) is 1.86. The SMILES string of the molecule is O=C(c1cccc(NCc2ncc(-c3cccc(Cl)c3)o2)c1)N1CCCC(CO)C1. The van der Waals surface area contributed by atoms with Crippen LogP contribution in [0.25, 0.3) is 11.3 Å². The van der Waals surface area contributed by atoms with Gasteiger partial charge in [-0.05, 0) is 49.1 Å². The van der Waals surface area contributed by atoms with Gasteiger partial charge in [-0.1, -0.05) is 29.8 Å². The van der Waals surface area contributed by atoms with Crippen molar-refractivity contribution in [2.45, 2.75) is 19.4 Å². The van der Waals surface area contributed by atoms with Crippen molar-refractivity contribution >= 4 is 23.2 Å². The van der Waals surface area contributed by atoms with Crippen LogP contribution in [0.15, 0.2) is 59.1 Å². The summed E-state index contributed by atoms with van der Waals surface area (Å²) in [6.07, 6.45) is 3.57. The molecule has 0 radical (unpaired) electrons. The number of aromatic nitrogens is 1. The molecule has 30 heavy (non-hydrogen) atoms. The molecule has 4 rings (SSSR count). The van der Waals surface area contributed by atoms with Crippen LogP contribution in [0.2, 0.25) is 5.02 Å². The number of hydrogen-bond acceptors (Lipinski definition) is 5. The van der Waals surface area contributed by atoms with Gasteiger partial charge in [0.15, 0.2) is 5.76 Å². The lowest BCUT2D eigenvalue weighted by atomic mass is 9.98. The summed E-state index contributed by atoms with van der Waals surface area (Å²) in [6, 6.07) is 14.8. The maximum atomic E-state index is 12.9. The van der Waals surface area contributed by atoms with E-state index in [1.165, 1.54) is 0 Å². The van der Waals surface area contributed by atoms with Crippen molar-refractivity contribution in [3.8, 4) is 11.3 Å². The maximum Gasteiger partial charge on any atom is 0.253 e. The van der Waals surface area contributed by atoms with Gasteiger partial charge in [0.25, 0.3) is 5.91 Å². The average molecular weight is 426 g/mol. The molecule has 1 atom stereocenters. The Morgan fingerprint density at radius 1 is 1.27 bits per heavy atom. The summed E-state index contributed by atoms with van der Waals surface area (Å²) in [7, 11) is 0. The summed E-state index contributed by atoms with van der Waals surface area (Å²) in [5.41, 5.74) is 2.32. The Hall–Kier alpha value is -2.83. The summed E-state index contributed by atoms with van der Waals surface area (Å²) in [5, 5.41) is 13.3. The summed E-state index contributed by atoms with van der Waals surface area (Å²) in [4.78, 5) is 19.0. The Morgan fingerprint density at radius 2 is 2.13 bits per heavy atom. The number of amides is 1. The van der Waals surface area contributed by atoms with Crippen LogP contribution >= 0.6 is 11.6 Å². The predicted molar refractivity (Wildman–Crippen MR) is 116 cm³/mol. The number of anilines is 1. The minimum Gasteiger partial charge on any atom is -0.439 e. The minimum atomic E-state index is -0.00355. The van der Waals surface area contributed by atoms with E-state index in [1.54, 1.807) is 6.20 Å². The van der Waals surface area contributed by atoms with Gasteiger partial charge in [0, 0.05) is 41.5 Å². The Kier molecular flexibility index (Phi) is 6.35. The van der Waals surface area contributed by atoms with Crippen LogP contribution in [0, 0.1) is 5.92 Å². The third-order valence-electron chi connectivity index (χ3n) is 5.28. The van der Waals surface area contributed by atoms with Crippen molar-refractivity contribution in [3.05, 3.63) is 71.2 Å². The number of benzene rings is 2. The number of nitrogens with zero attached hydrogens (tertiary/aromatic N) is 2. The molecule has 0 saturated carbocycles. The number of halogens is 1. The van der Waals surface area contributed by atoms with Crippen LogP contribution in [0.4, 0.5) is 5.69 Å². The lowest BCUT2D eigenvalue weighted by Crippen LogP contribution is -2.40. The molecule has 1 fully saturated rings. The largest absolute Gasteiger partial charge is 0.439 e. The second-order valence-electron chi connectivity index (χ2n) is 7.50. The molecule has 156 valence electrons. The van der Waals surface area contributed by atoms with Gasteiger partial charge >= 0.3 is 0 Å². The number of likely N-dealkylation sites (tertiary alicyclic amines) is 1. The third-order valence-corrected chi connectivity index (χ3v) is 5.52. The van der Waals surface area contributed by atoms with Crippen LogP contribution in [0.5, 0.6) is 0 Å². The number of oxazole rings is 1. The maximum absolute atomic E-state index is 12.9. The zero-order valence-electron chi connectivity index (χ0n) is 16.6. The highest BCUT2D eigenvalue weighted by atomic mass is 35.5. The van der Waals surface area contributed by atoms with Crippen molar-refractivity contribution in [2.75, 3.05) is 25.0 Å². The first-order valence-electron chi connectivity index (χ1n) is 10.1. The molecule has 2 aromatic carbocycles. The topological polar surface area (TPSA) is 78.6 Å². The van der Waals surface area contributed by atoms with Gasteiger partial charge in [0.1, 0.15) is 0 Å². The Bertz CT molecular complexity index is 1020. The van der Waals surface area contributed by atoms with Gasteiger partial charge in [0.05, 0.1) is 12.7 Å². The second-order valence-corrected chi connectivity index (χ2v) is 7.94. The summed E-state index contributed by atoms with van der Waals surface area (Å²) >= 11 is 6.04. The first kappa shape index (κ1) is 20.4. The van der Waals surface area contributed by atoms with Gasteiger partial charge < -0.3 is 19.7 Å². The standard InChI is InChI=1S/C23H24ClN3O3/c24-19-7-1-5-17(10-19)21-12-26-22(30-21)13-25-20-8-2-6-18(11-20)23(29)27-9-3-4-16(14-27)15-28/h1-2,5-8,10-12,16,25,28H,3-4,9,13-15H2. The summed E-state index contributed by atoms with van der Waals surface area (Å²) < 4.78 is 5.81. The lowest BCUT2D eigenvalue weighted by molar-refractivity contribution is 0.0621. The summed E-state index contributed by atoms with van der Waals surface area (Å²) in [5.74, 6) is 1.36. The van der Waals surface area contributed by atoms with Crippen LogP contribution in [0.3, 0.4) is 0 Å². The van der Waals surface area contributed by atoms with Crippen molar-refractivity contribution in [1.82, 2.24) is 9.88 Å². The molecule has 2 heterocycles. The Morgan fingerprint density at radius 3 is 2.97 bits per heavy atom. The Labute approximate surface area is 180 Å². The molecule has 1 aliphatic heterocycles. The molecule has 2 N–H and O–H groups in total. The highest BCUT2D eigenvalue weighted by Crippen LogP contribution is 2.24. The van der Waals surface area contributed by atoms with Gasteiger partial charge in [-0.3, -0.25) is 4.79 Å². The van der Waals surface area contributed by atoms with Crippen molar-refractivity contribution in [3.63, 3.8) is 0 Å². The molecule has 6 nitrogen and oxygen atoms in total. The number of rotatable bonds is 6. The van der Waals surface area contributed by atoms with E-state index in [0.717, 1.165) is 30.6 Å². The van der Waals surface area contributed by atoms with E-state index in [0.29, 0.717) is 35.3 Å². The van der Waals surface area contributed by atoms with E-state index in [1.807, 2.05) is 53.4 Å². The molecule has 0 aliphatic carbocycles. The monoisotopic (exact) mass is 425 g/mol. The van der Waals surface area contributed by atoms with E-state index >= 15 is 0 Å². The third kappa shape index (κ3) is 4.83. The zero-order chi connectivity index (χ0) is 20.9. The number of nitrogens with one attached hydrogen (secondary N) is 1. The van der Waals surface area contributed by atoms with Crippen LogP contribution in [-0.4, -0.2) is 40.6 Å². The van der Waals surface area contributed by atoms with Gasteiger partial charge in [0.2, 0.25) is 5.89 Å². The molecule has 3 aromatic rings. The molecule has 1 aliphatic rings. The van der Waals surface area contributed by atoms with Crippen LogP contribution < -0.4 is 5.32 Å². The van der Waals surface area contributed by atoms with Gasteiger partial charge in [-0.25, -0.2) is 4.98 Å². The van der Waals surface area contributed by atoms with Crippen molar-refractivity contribution in [2.24, 2.45) is 5.92 Å². The fourth-order valence-corrected chi connectivity index (χ4v) is 3.88. The van der Waals surface area contributed by atoms with E-state index < -0.39 is 0 Å². The predicted octanol–water partition coefficient (Wildman–Crippen LogP) is 4.45. The highest BCUT2D eigenvalue weighted by molar-refractivity contribution is 6.30. The Balaban J connectivity index is 1.40. The number of carbonyl (C=O) groups excluding carboxylic acids is 1. The fourth-order valence-electron chi connectivity index (χ4n) is 3.69. The number of aliphatic hydroxyl groups is 1. The molecule has 1 saturated heterocycles. The molecular weight excluding hydrogens is 402 g/mol. The molecule has 7 heteroatoms. The number of carbonyl (C=O) groups is 1. The van der Waals surface area contributed by atoms with Crippen molar-refractivity contribution in [1.29, 1.82) is 0 Å². The molecule has 1 amide bonds. The quantitative estimate of drug-likeness (QED) is 0.610. The van der Waals surface area contributed by atoms with E-state index in [9.17, 15) is 9.90 Å². The fraction of sp³-hybridized carbons (Fsp3) is 0.304. The highest BCUT2D eigenvalue weighted by Gasteiger charge is 2.24. The van der Waals surface area contributed by atoms with Crippen LogP contribution in [0.1, 0.15) is 29.1 Å². The number of piperidine rings is 1. The number of hydrogen-bond donors (Lipinski definition) is 2. The van der Waals surface area contributed by atoms with E-state index in [4.69, 9.17) is 16.0 Å². The smallest absolute Gasteiger partial charge is 0.253 e. The second kappa shape index (κ2) is 9.32. The van der Waals surface area contributed by atoms with Crippen molar-refractivity contribution < 1.29 is 14.3 Å². The van der Waals surface area contributed by atoms with Gasteiger partial charge in [-0.15, -0.1) is 0 Å². The molecular formula is C23H24ClN3O3. The lowest BCUT2D eigenvalue weighted by Gasteiger charge is -2.32.